The SMILES string of the molecule is CC(N)C1CCCCN1Cc1cc(F)ccc1C#N. The van der Waals surface area contributed by atoms with Crippen LogP contribution in [-0.4, -0.2) is 23.5 Å². The van der Waals surface area contributed by atoms with Gasteiger partial charge in [0.25, 0.3) is 0 Å². The van der Waals surface area contributed by atoms with Crippen molar-refractivity contribution in [3.63, 3.8) is 0 Å². The van der Waals surface area contributed by atoms with E-state index in [4.69, 9.17) is 11.0 Å². The molecular formula is C15H20FN3. The van der Waals surface area contributed by atoms with Gasteiger partial charge in [-0.3, -0.25) is 4.90 Å². The molecule has 1 aromatic carbocycles. The molecule has 0 amide bonds. The summed E-state index contributed by atoms with van der Waals surface area (Å²) in [5.41, 5.74) is 7.34. The normalized spacial score (nSPS) is 21.9. The summed E-state index contributed by atoms with van der Waals surface area (Å²) >= 11 is 0. The average Bonchev–Trinajstić information content (AvgIpc) is 2.39. The second kappa shape index (κ2) is 6.14. The van der Waals surface area contributed by atoms with Gasteiger partial charge in [0.15, 0.2) is 0 Å². The predicted octanol–water partition coefficient (Wildman–Crippen LogP) is 2.40. The van der Waals surface area contributed by atoms with Crippen LogP contribution in [0, 0.1) is 17.1 Å². The fourth-order valence-electron chi connectivity index (χ4n) is 2.83. The second-order valence-corrected chi connectivity index (χ2v) is 5.31. The van der Waals surface area contributed by atoms with Gasteiger partial charge < -0.3 is 5.73 Å². The lowest BCUT2D eigenvalue weighted by Gasteiger charge is -2.38. The van der Waals surface area contributed by atoms with Gasteiger partial charge >= 0.3 is 0 Å². The molecule has 19 heavy (non-hydrogen) atoms. The fraction of sp³-hybridized carbons (Fsp3) is 0.533. The molecule has 0 radical (unpaired) electrons. The molecule has 0 spiro atoms. The number of nitrogens with two attached hydrogens (primary N) is 1. The number of hydrogen-bond acceptors (Lipinski definition) is 3. The molecule has 3 nitrogen and oxygen atoms in total. The summed E-state index contributed by atoms with van der Waals surface area (Å²) in [6.07, 6.45) is 3.41. The first-order chi connectivity index (χ1) is 9.11. The van der Waals surface area contributed by atoms with E-state index >= 15 is 0 Å². The molecule has 0 aliphatic carbocycles. The van der Waals surface area contributed by atoms with Crippen LogP contribution >= 0.6 is 0 Å². The molecule has 1 aromatic rings. The van der Waals surface area contributed by atoms with Crippen molar-refractivity contribution in [3.8, 4) is 6.07 Å². The van der Waals surface area contributed by atoms with Crippen molar-refractivity contribution in [1.29, 1.82) is 5.26 Å². The Morgan fingerprint density at radius 2 is 2.32 bits per heavy atom. The molecule has 0 saturated carbocycles. The highest BCUT2D eigenvalue weighted by Crippen LogP contribution is 2.23. The quantitative estimate of drug-likeness (QED) is 0.909. The van der Waals surface area contributed by atoms with Gasteiger partial charge in [0.2, 0.25) is 0 Å². The molecule has 2 atom stereocenters. The third-order valence-corrected chi connectivity index (χ3v) is 3.83. The molecule has 0 bridgehead atoms. The van der Waals surface area contributed by atoms with Crippen LogP contribution in [0.5, 0.6) is 0 Å². The zero-order valence-corrected chi connectivity index (χ0v) is 11.3. The van der Waals surface area contributed by atoms with E-state index in [-0.39, 0.29) is 11.9 Å². The van der Waals surface area contributed by atoms with Gasteiger partial charge in [0.05, 0.1) is 11.6 Å². The molecule has 1 fully saturated rings. The maximum absolute atomic E-state index is 13.3. The van der Waals surface area contributed by atoms with Gasteiger partial charge in [-0.1, -0.05) is 6.42 Å². The van der Waals surface area contributed by atoms with Gasteiger partial charge in [-0.25, -0.2) is 4.39 Å². The Labute approximate surface area is 113 Å². The summed E-state index contributed by atoms with van der Waals surface area (Å²) in [4.78, 5) is 2.28. The van der Waals surface area contributed by atoms with Crippen molar-refractivity contribution in [1.82, 2.24) is 4.90 Å². The van der Waals surface area contributed by atoms with Crippen LogP contribution in [0.4, 0.5) is 4.39 Å². The minimum atomic E-state index is -0.289. The van der Waals surface area contributed by atoms with Gasteiger partial charge in [-0.15, -0.1) is 0 Å². The van der Waals surface area contributed by atoms with Crippen LogP contribution in [0.2, 0.25) is 0 Å². The molecule has 0 aromatic heterocycles. The Morgan fingerprint density at radius 3 is 3.00 bits per heavy atom. The Morgan fingerprint density at radius 1 is 1.53 bits per heavy atom. The Balaban J connectivity index is 2.19. The highest BCUT2D eigenvalue weighted by molar-refractivity contribution is 5.37. The zero-order valence-electron chi connectivity index (χ0n) is 11.3. The molecule has 4 heteroatoms. The highest BCUT2D eigenvalue weighted by Gasteiger charge is 2.25. The molecule has 1 aliphatic rings. The van der Waals surface area contributed by atoms with E-state index in [9.17, 15) is 4.39 Å². The fourth-order valence-corrected chi connectivity index (χ4v) is 2.83. The van der Waals surface area contributed by atoms with Crippen LogP contribution in [0.25, 0.3) is 0 Å². The third kappa shape index (κ3) is 3.31. The maximum Gasteiger partial charge on any atom is 0.123 e. The number of rotatable bonds is 3. The van der Waals surface area contributed by atoms with Crippen molar-refractivity contribution in [3.05, 3.63) is 35.1 Å². The second-order valence-electron chi connectivity index (χ2n) is 5.31. The first kappa shape index (κ1) is 14.0. The van der Waals surface area contributed by atoms with Crippen molar-refractivity contribution in [2.45, 2.75) is 44.8 Å². The van der Waals surface area contributed by atoms with Gasteiger partial charge in [-0.05, 0) is 50.1 Å². The van der Waals surface area contributed by atoms with Crippen molar-refractivity contribution in [2.75, 3.05) is 6.54 Å². The van der Waals surface area contributed by atoms with Crippen LogP contribution in [0.15, 0.2) is 18.2 Å². The van der Waals surface area contributed by atoms with Crippen LogP contribution in [0.3, 0.4) is 0 Å². The van der Waals surface area contributed by atoms with Crippen LogP contribution in [-0.2, 0) is 6.54 Å². The van der Waals surface area contributed by atoms with Gasteiger partial charge in [-0.2, -0.15) is 5.26 Å². The summed E-state index contributed by atoms with van der Waals surface area (Å²) < 4.78 is 13.3. The van der Waals surface area contributed by atoms with Gasteiger partial charge in [0.1, 0.15) is 5.82 Å². The molecule has 102 valence electrons. The molecule has 1 aliphatic heterocycles. The molecule has 2 N–H and O–H groups in total. The van der Waals surface area contributed by atoms with Crippen LogP contribution in [0.1, 0.15) is 37.3 Å². The summed E-state index contributed by atoms with van der Waals surface area (Å²) in [7, 11) is 0. The maximum atomic E-state index is 13.3. The smallest absolute Gasteiger partial charge is 0.123 e. The van der Waals surface area contributed by atoms with E-state index in [0.717, 1.165) is 24.9 Å². The summed E-state index contributed by atoms with van der Waals surface area (Å²) in [6.45, 7) is 3.58. The minimum absolute atomic E-state index is 0.0967. The van der Waals surface area contributed by atoms with E-state index in [2.05, 4.69) is 11.0 Å². The summed E-state index contributed by atoms with van der Waals surface area (Å²) in [6, 6.07) is 6.90. The standard InChI is InChI=1S/C15H20FN3/c1-11(18)15-4-2-3-7-19(15)10-13-8-14(16)6-5-12(13)9-17/h5-6,8,11,15H,2-4,7,10,18H2,1H3. The number of nitriles is 1. The summed E-state index contributed by atoms with van der Waals surface area (Å²) in [5.74, 6) is -0.289. The van der Waals surface area contributed by atoms with E-state index in [1.807, 2.05) is 6.92 Å². The third-order valence-electron chi connectivity index (χ3n) is 3.83. The minimum Gasteiger partial charge on any atom is -0.327 e. The summed E-state index contributed by atoms with van der Waals surface area (Å²) in [5, 5.41) is 9.10. The van der Waals surface area contributed by atoms with Crippen LogP contribution < -0.4 is 5.73 Å². The first-order valence-corrected chi connectivity index (χ1v) is 6.80. The number of hydrogen-bond donors (Lipinski definition) is 1. The first-order valence-electron chi connectivity index (χ1n) is 6.80. The van der Waals surface area contributed by atoms with Crippen molar-refractivity contribution in [2.24, 2.45) is 5.73 Å². The van der Waals surface area contributed by atoms with E-state index in [1.54, 1.807) is 6.07 Å². The highest BCUT2D eigenvalue weighted by atomic mass is 19.1. The largest absolute Gasteiger partial charge is 0.327 e. The number of halogens is 1. The van der Waals surface area contributed by atoms with E-state index in [1.165, 1.54) is 18.6 Å². The molecule has 2 rings (SSSR count). The van der Waals surface area contributed by atoms with Crippen molar-refractivity contribution < 1.29 is 4.39 Å². The lowest BCUT2D eigenvalue weighted by Crippen LogP contribution is -2.48. The molecular weight excluding hydrogens is 241 g/mol. The monoisotopic (exact) mass is 261 g/mol. The van der Waals surface area contributed by atoms with Crippen molar-refractivity contribution >= 4 is 0 Å². The lowest BCUT2D eigenvalue weighted by atomic mass is 9.95. The Kier molecular flexibility index (Phi) is 4.52. The zero-order chi connectivity index (χ0) is 13.8. The Hall–Kier alpha value is -1.44. The lowest BCUT2D eigenvalue weighted by molar-refractivity contribution is 0.123. The van der Waals surface area contributed by atoms with E-state index in [0.29, 0.717) is 18.2 Å². The number of piperidine rings is 1. The Bertz CT molecular complexity index is 479. The average molecular weight is 261 g/mol. The molecule has 2 unspecified atom stereocenters. The topological polar surface area (TPSA) is 53.0 Å². The number of benzene rings is 1. The van der Waals surface area contributed by atoms with Gasteiger partial charge in [0, 0.05) is 18.6 Å². The number of likely N-dealkylation sites (tertiary alicyclic amines) is 1. The molecule has 1 saturated heterocycles. The number of nitrogens with zero attached hydrogens (tertiary/aromatic N) is 2. The predicted molar refractivity (Wildman–Crippen MR) is 72.8 cm³/mol. The molecule has 1 heterocycles. The van der Waals surface area contributed by atoms with E-state index < -0.39 is 0 Å².